The summed E-state index contributed by atoms with van der Waals surface area (Å²) in [5.74, 6) is 0.385. The van der Waals surface area contributed by atoms with Crippen LogP contribution in [-0.4, -0.2) is 18.6 Å². The van der Waals surface area contributed by atoms with E-state index >= 15 is 0 Å². The van der Waals surface area contributed by atoms with Crippen molar-refractivity contribution >= 4 is 11.6 Å². The number of carbonyl (C=O) groups is 1. The van der Waals surface area contributed by atoms with Crippen LogP contribution in [0, 0.1) is 0 Å². The molecule has 82 valence electrons. The average molecular weight is 208 g/mol. The van der Waals surface area contributed by atoms with Gasteiger partial charge in [-0.15, -0.1) is 0 Å². The zero-order valence-corrected chi connectivity index (χ0v) is 9.20. The van der Waals surface area contributed by atoms with E-state index in [1.54, 1.807) is 21.0 Å². The number of nitrogens with two attached hydrogens (primary N) is 1. The van der Waals surface area contributed by atoms with E-state index in [9.17, 15) is 4.79 Å². The van der Waals surface area contributed by atoms with Crippen LogP contribution >= 0.6 is 0 Å². The van der Waals surface area contributed by atoms with Gasteiger partial charge >= 0.3 is 0 Å². The Bertz CT molecular complexity index is 344. The molecule has 4 nitrogen and oxygen atoms in total. The first-order valence-electron chi connectivity index (χ1n) is 4.68. The molecule has 0 aliphatic carbocycles. The molecule has 0 spiro atoms. The fourth-order valence-corrected chi connectivity index (χ4v) is 1.10. The largest absolute Gasteiger partial charge is 0.497 e. The molecule has 0 aromatic heterocycles. The molecule has 0 radical (unpaired) electrons. The molecule has 0 unspecified atom stereocenters. The van der Waals surface area contributed by atoms with Gasteiger partial charge in [0.15, 0.2) is 0 Å². The molecule has 1 rings (SSSR count). The molecule has 0 aliphatic heterocycles. The molecule has 1 aromatic carbocycles. The van der Waals surface area contributed by atoms with Gasteiger partial charge in [-0.25, -0.2) is 0 Å². The lowest BCUT2D eigenvalue weighted by molar-refractivity contribution is -0.121. The third-order valence-corrected chi connectivity index (χ3v) is 2.16. The van der Waals surface area contributed by atoms with Crippen LogP contribution in [0.4, 0.5) is 5.69 Å². The summed E-state index contributed by atoms with van der Waals surface area (Å²) >= 11 is 0. The normalized spacial score (nSPS) is 10.9. The van der Waals surface area contributed by atoms with Gasteiger partial charge in [-0.1, -0.05) is 0 Å². The molecule has 0 bridgehead atoms. The highest BCUT2D eigenvalue weighted by Gasteiger charge is 2.24. The maximum Gasteiger partial charge on any atom is 0.242 e. The molecular formula is C11H16N2O2. The first-order valence-corrected chi connectivity index (χ1v) is 4.68. The zero-order chi connectivity index (χ0) is 11.5. The van der Waals surface area contributed by atoms with Crippen LogP contribution in [0.15, 0.2) is 24.3 Å². The Hall–Kier alpha value is -1.71. The summed E-state index contributed by atoms with van der Waals surface area (Å²) in [7, 11) is 1.61. The monoisotopic (exact) mass is 208 g/mol. The maximum absolute atomic E-state index is 11.1. The molecule has 0 atom stereocenters. The number of nitrogens with one attached hydrogen (secondary N) is 1. The average Bonchev–Trinajstić information content (AvgIpc) is 2.18. The van der Waals surface area contributed by atoms with E-state index in [-0.39, 0.29) is 0 Å². The van der Waals surface area contributed by atoms with Gasteiger partial charge in [0.2, 0.25) is 5.91 Å². The van der Waals surface area contributed by atoms with Gasteiger partial charge in [-0.05, 0) is 38.1 Å². The number of hydrogen-bond acceptors (Lipinski definition) is 3. The van der Waals surface area contributed by atoms with E-state index in [0.717, 1.165) is 11.4 Å². The lowest BCUT2D eigenvalue weighted by Gasteiger charge is -2.23. The van der Waals surface area contributed by atoms with E-state index in [4.69, 9.17) is 10.5 Å². The lowest BCUT2D eigenvalue weighted by atomic mass is 10.0. The maximum atomic E-state index is 11.1. The van der Waals surface area contributed by atoms with Crippen LogP contribution in [0.25, 0.3) is 0 Å². The van der Waals surface area contributed by atoms with E-state index in [0.29, 0.717) is 0 Å². The number of benzene rings is 1. The van der Waals surface area contributed by atoms with Crippen molar-refractivity contribution in [1.29, 1.82) is 0 Å². The summed E-state index contributed by atoms with van der Waals surface area (Å²) in [5, 5.41) is 3.04. The second kappa shape index (κ2) is 4.21. The Morgan fingerprint density at radius 1 is 1.33 bits per heavy atom. The minimum Gasteiger partial charge on any atom is -0.497 e. The van der Waals surface area contributed by atoms with Crippen LogP contribution in [0.1, 0.15) is 13.8 Å². The van der Waals surface area contributed by atoms with Crippen molar-refractivity contribution in [2.45, 2.75) is 19.4 Å². The molecular weight excluding hydrogens is 192 g/mol. The molecule has 1 amide bonds. The Morgan fingerprint density at radius 3 is 2.27 bits per heavy atom. The number of methoxy groups -OCH3 is 1. The predicted molar refractivity (Wildman–Crippen MR) is 59.9 cm³/mol. The molecule has 0 aliphatic rings. The number of amides is 1. The molecule has 0 heterocycles. The molecule has 0 fully saturated rings. The Balaban J connectivity index is 2.77. The second-order valence-corrected chi connectivity index (χ2v) is 3.84. The van der Waals surface area contributed by atoms with Crippen LogP contribution in [0.3, 0.4) is 0 Å². The molecule has 1 aromatic rings. The third-order valence-electron chi connectivity index (χ3n) is 2.16. The fourth-order valence-electron chi connectivity index (χ4n) is 1.10. The van der Waals surface area contributed by atoms with Crippen molar-refractivity contribution in [2.75, 3.05) is 12.4 Å². The molecule has 3 N–H and O–H groups in total. The Kier molecular flexibility index (Phi) is 3.19. The highest BCUT2D eigenvalue weighted by molar-refractivity contribution is 5.86. The summed E-state index contributed by atoms with van der Waals surface area (Å²) in [6.45, 7) is 3.47. The van der Waals surface area contributed by atoms with Crippen molar-refractivity contribution < 1.29 is 9.53 Å². The highest BCUT2D eigenvalue weighted by atomic mass is 16.5. The van der Waals surface area contributed by atoms with E-state index < -0.39 is 11.4 Å². The van der Waals surface area contributed by atoms with Gasteiger partial charge in [0.05, 0.1) is 7.11 Å². The molecule has 15 heavy (non-hydrogen) atoms. The number of anilines is 1. The van der Waals surface area contributed by atoms with Gasteiger partial charge in [0, 0.05) is 5.69 Å². The number of ether oxygens (including phenoxy) is 1. The number of rotatable bonds is 4. The van der Waals surface area contributed by atoms with Gasteiger partial charge in [-0.2, -0.15) is 0 Å². The summed E-state index contributed by atoms with van der Waals surface area (Å²) in [4.78, 5) is 11.1. The topological polar surface area (TPSA) is 64.3 Å². The number of carbonyl (C=O) groups excluding carboxylic acids is 1. The standard InChI is InChI=1S/C11H16N2O2/c1-11(2,10(12)14)13-8-4-6-9(15-3)7-5-8/h4-7,13H,1-3H3,(H2,12,14). The summed E-state index contributed by atoms with van der Waals surface area (Å²) in [6.07, 6.45) is 0. The van der Waals surface area contributed by atoms with E-state index in [2.05, 4.69) is 5.32 Å². The first kappa shape index (κ1) is 11.4. The summed E-state index contributed by atoms with van der Waals surface area (Å²) < 4.78 is 5.03. The Labute approximate surface area is 89.4 Å². The van der Waals surface area contributed by atoms with E-state index in [1.807, 2.05) is 24.3 Å². The van der Waals surface area contributed by atoms with Gasteiger partial charge in [0.1, 0.15) is 11.3 Å². The van der Waals surface area contributed by atoms with E-state index in [1.165, 1.54) is 0 Å². The fraction of sp³-hybridized carbons (Fsp3) is 0.364. The minimum absolute atomic E-state index is 0.390. The highest BCUT2D eigenvalue weighted by Crippen LogP contribution is 2.18. The predicted octanol–water partition coefficient (Wildman–Crippen LogP) is 1.37. The number of hydrogen-bond donors (Lipinski definition) is 2. The van der Waals surface area contributed by atoms with Gasteiger partial charge in [0.25, 0.3) is 0 Å². The van der Waals surface area contributed by atoms with Crippen molar-refractivity contribution in [2.24, 2.45) is 5.73 Å². The van der Waals surface area contributed by atoms with Crippen LogP contribution < -0.4 is 15.8 Å². The van der Waals surface area contributed by atoms with Crippen LogP contribution in [0.2, 0.25) is 0 Å². The summed E-state index contributed by atoms with van der Waals surface area (Å²) in [5.41, 5.74) is 5.33. The lowest BCUT2D eigenvalue weighted by Crippen LogP contribution is -2.44. The quantitative estimate of drug-likeness (QED) is 0.785. The SMILES string of the molecule is COc1ccc(NC(C)(C)C(N)=O)cc1. The third kappa shape index (κ3) is 2.87. The molecule has 0 saturated heterocycles. The zero-order valence-electron chi connectivity index (χ0n) is 9.20. The van der Waals surface area contributed by atoms with Crippen LogP contribution in [0.5, 0.6) is 5.75 Å². The first-order chi connectivity index (χ1) is 6.95. The van der Waals surface area contributed by atoms with Crippen molar-refractivity contribution in [3.63, 3.8) is 0 Å². The smallest absolute Gasteiger partial charge is 0.242 e. The summed E-state index contributed by atoms with van der Waals surface area (Å²) in [6, 6.07) is 7.31. The minimum atomic E-state index is -0.755. The van der Waals surface area contributed by atoms with Gasteiger partial charge < -0.3 is 15.8 Å². The molecule has 0 saturated carbocycles. The van der Waals surface area contributed by atoms with Crippen LogP contribution in [-0.2, 0) is 4.79 Å². The molecule has 4 heteroatoms. The van der Waals surface area contributed by atoms with Crippen molar-refractivity contribution in [1.82, 2.24) is 0 Å². The van der Waals surface area contributed by atoms with Gasteiger partial charge in [-0.3, -0.25) is 4.79 Å². The van der Waals surface area contributed by atoms with Crippen molar-refractivity contribution in [3.05, 3.63) is 24.3 Å². The second-order valence-electron chi connectivity index (χ2n) is 3.84. The van der Waals surface area contributed by atoms with Crippen molar-refractivity contribution in [3.8, 4) is 5.75 Å². The Morgan fingerprint density at radius 2 is 1.87 bits per heavy atom. The number of primary amides is 1.